The number of halogens is 1. The highest BCUT2D eigenvalue weighted by Crippen LogP contribution is 2.37. The molecule has 0 fully saturated rings. The maximum atomic E-state index is 5.78. The van der Waals surface area contributed by atoms with Crippen LogP contribution < -0.4 is 4.90 Å². The Kier molecular flexibility index (Phi) is 4.20. The normalized spacial score (nSPS) is 10.2. The number of aryl methyl sites for hydroxylation is 2. The topological polar surface area (TPSA) is 3.24 Å². The SMILES string of the molecule is C#Cc1c(N(C)C)ccc(C)c1-c1ccc(C)cc1Br. The van der Waals surface area contributed by atoms with Gasteiger partial charge in [-0.25, -0.2) is 0 Å². The second-order valence-electron chi connectivity index (χ2n) is 5.17. The lowest BCUT2D eigenvalue weighted by molar-refractivity contribution is 1.12. The molecule has 1 nitrogen and oxygen atoms in total. The van der Waals surface area contributed by atoms with Crippen molar-refractivity contribution in [2.75, 3.05) is 19.0 Å². The van der Waals surface area contributed by atoms with Crippen LogP contribution in [0.4, 0.5) is 5.69 Å². The van der Waals surface area contributed by atoms with Gasteiger partial charge in [0.15, 0.2) is 0 Å². The van der Waals surface area contributed by atoms with Crippen LogP contribution in [0, 0.1) is 26.2 Å². The quantitative estimate of drug-likeness (QED) is 0.717. The summed E-state index contributed by atoms with van der Waals surface area (Å²) >= 11 is 3.66. The molecular formula is C18H18BrN. The molecule has 0 spiro atoms. The molecule has 0 saturated heterocycles. The van der Waals surface area contributed by atoms with Crippen LogP contribution in [0.2, 0.25) is 0 Å². The number of hydrogen-bond donors (Lipinski definition) is 0. The van der Waals surface area contributed by atoms with E-state index in [1.54, 1.807) is 0 Å². The van der Waals surface area contributed by atoms with Crippen molar-refractivity contribution in [1.82, 2.24) is 0 Å². The summed E-state index contributed by atoms with van der Waals surface area (Å²) in [5.41, 5.74) is 6.70. The second-order valence-corrected chi connectivity index (χ2v) is 6.03. The summed E-state index contributed by atoms with van der Waals surface area (Å²) < 4.78 is 1.08. The fraction of sp³-hybridized carbons (Fsp3) is 0.222. The van der Waals surface area contributed by atoms with Crippen molar-refractivity contribution >= 4 is 21.6 Å². The minimum absolute atomic E-state index is 0.944. The lowest BCUT2D eigenvalue weighted by Crippen LogP contribution is -2.11. The molecule has 2 aromatic carbocycles. The van der Waals surface area contributed by atoms with Crippen molar-refractivity contribution in [3.05, 3.63) is 51.5 Å². The van der Waals surface area contributed by atoms with Gasteiger partial charge in [0, 0.05) is 24.1 Å². The van der Waals surface area contributed by atoms with E-state index in [1.807, 2.05) is 14.1 Å². The van der Waals surface area contributed by atoms with Crippen LogP contribution in [0.25, 0.3) is 11.1 Å². The Hall–Kier alpha value is -1.72. The van der Waals surface area contributed by atoms with Crippen LogP contribution in [-0.2, 0) is 0 Å². The molecule has 0 N–H and O–H groups in total. The number of anilines is 1. The first kappa shape index (κ1) is 14.7. The molecule has 0 bridgehead atoms. The molecule has 0 aliphatic rings. The monoisotopic (exact) mass is 327 g/mol. The minimum atomic E-state index is 0.944. The Morgan fingerprint density at radius 1 is 1.10 bits per heavy atom. The van der Waals surface area contributed by atoms with E-state index in [4.69, 9.17) is 6.42 Å². The molecule has 0 saturated carbocycles. The molecule has 0 aliphatic carbocycles. The highest BCUT2D eigenvalue weighted by Gasteiger charge is 2.15. The van der Waals surface area contributed by atoms with Crippen LogP contribution in [0.15, 0.2) is 34.8 Å². The number of hydrogen-bond acceptors (Lipinski definition) is 1. The Morgan fingerprint density at radius 3 is 2.35 bits per heavy atom. The van der Waals surface area contributed by atoms with E-state index in [9.17, 15) is 0 Å². The molecule has 102 valence electrons. The number of benzene rings is 2. The molecule has 2 aromatic rings. The second kappa shape index (κ2) is 5.73. The van der Waals surface area contributed by atoms with E-state index < -0.39 is 0 Å². The molecule has 0 heterocycles. The van der Waals surface area contributed by atoms with Gasteiger partial charge in [-0.15, -0.1) is 6.42 Å². The molecule has 0 aliphatic heterocycles. The highest BCUT2D eigenvalue weighted by atomic mass is 79.9. The van der Waals surface area contributed by atoms with Crippen LogP contribution >= 0.6 is 15.9 Å². The van der Waals surface area contributed by atoms with Gasteiger partial charge in [-0.05, 0) is 42.7 Å². The first-order valence-electron chi connectivity index (χ1n) is 6.49. The van der Waals surface area contributed by atoms with E-state index in [1.165, 1.54) is 11.1 Å². The standard InChI is InChI=1S/C18H18BrN/c1-6-14-17(20(4)5)10-8-13(3)18(14)15-9-7-12(2)11-16(15)19/h1,7-11H,2-5H3. The molecule has 0 aromatic heterocycles. The van der Waals surface area contributed by atoms with Crippen molar-refractivity contribution in [3.63, 3.8) is 0 Å². The minimum Gasteiger partial charge on any atom is -0.377 e. The third-order valence-corrected chi connectivity index (χ3v) is 4.07. The molecule has 20 heavy (non-hydrogen) atoms. The van der Waals surface area contributed by atoms with Crippen LogP contribution in [-0.4, -0.2) is 14.1 Å². The Labute approximate surface area is 129 Å². The Morgan fingerprint density at radius 2 is 1.80 bits per heavy atom. The predicted octanol–water partition coefficient (Wildman–Crippen LogP) is 4.78. The Balaban J connectivity index is 2.79. The Bertz CT molecular complexity index is 693. The average Bonchev–Trinajstić information content (AvgIpc) is 2.38. The third kappa shape index (κ3) is 2.59. The van der Waals surface area contributed by atoms with Gasteiger partial charge in [-0.2, -0.15) is 0 Å². The average molecular weight is 328 g/mol. The van der Waals surface area contributed by atoms with E-state index >= 15 is 0 Å². The molecule has 2 heteroatoms. The third-order valence-electron chi connectivity index (χ3n) is 3.41. The van der Waals surface area contributed by atoms with E-state index in [0.717, 1.165) is 26.9 Å². The summed E-state index contributed by atoms with van der Waals surface area (Å²) in [5, 5.41) is 0. The van der Waals surface area contributed by atoms with Crippen molar-refractivity contribution in [1.29, 1.82) is 0 Å². The summed E-state index contributed by atoms with van der Waals surface area (Å²) in [6.45, 7) is 4.18. The van der Waals surface area contributed by atoms with Gasteiger partial charge in [-0.3, -0.25) is 0 Å². The number of nitrogens with zero attached hydrogens (tertiary/aromatic N) is 1. The van der Waals surface area contributed by atoms with Crippen molar-refractivity contribution < 1.29 is 0 Å². The number of rotatable bonds is 2. The van der Waals surface area contributed by atoms with Crippen LogP contribution in [0.1, 0.15) is 16.7 Å². The summed E-state index contributed by atoms with van der Waals surface area (Å²) in [4.78, 5) is 2.06. The van der Waals surface area contributed by atoms with E-state index in [-0.39, 0.29) is 0 Å². The summed E-state index contributed by atoms with van der Waals surface area (Å²) in [6, 6.07) is 10.6. The van der Waals surface area contributed by atoms with Gasteiger partial charge >= 0.3 is 0 Å². The molecule has 0 radical (unpaired) electrons. The van der Waals surface area contributed by atoms with Gasteiger partial charge < -0.3 is 4.90 Å². The maximum Gasteiger partial charge on any atom is 0.0557 e. The largest absolute Gasteiger partial charge is 0.377 e. The molecular weight excluding hydrogens is 310 g/mol. The zero-order chi connectivity index (χ0) is 14.9. The zero-order valence-corrected chi connectivity index (χ0v) is 13.9. The van der Waals surface area contributed by atoms with E-state index in [0.29, 0.717) is 0 Å². The smallest absolute Gasteiger partial charge is 0.0557 e. The van der Waals surface area contributed by atoms with Gasteiger partial charge in [0.05, 0.1) is 11.3 Å². The lowest BCUT2D eigenvalue weighted by Gasteiger charge is -2.20. The fourth-order valence-corrected chi connectivity index (χ4v) is 3.08. The van der Waals surface area contributed by atoms with Gasteiger partial charge in [0.1, 0.15) is 0 Å². The molecule has 0 amide bonds. The molecule has 2 rings (SSSR count). The van der Waals surface area contributed by atoms with Crippen molar-refractivity contribution in [2.24, 2.45) is 0 Å². The summed E-state index contributed by atoms with van der Waals surface area (Å²) in [5.74, 6) is 2.86. The fourth-order valence-electron chi connectivity index (χ4n) is 2.38. The first-order chi connectivity index (χ1) is 9.45. The van der Waals surface area contributed by atoms with Crippen molar-refractivity contribution in [3.8, 4) is 23.5 Å². The predicted molar refractivity (Wildman–Crippen MR) is 91.3 cm³/mol. The van der Waals surface area contributed by atoms with Crippen LogP contribution in [0.5, 0.6) is 0 Å². The van der Waals surface area contributed by atoms with E-state index in [2.05, 4.69) is 70.9 Å². The molecule has 0 unspecified atom stereocenters. The van der Waals surface area contributed by atoms with Crippen LogP contribution in [0.3, 0.4) is 0 Å². The first-order valence-corrected chi connectivity index (χ1v) is 7.29. The van der Waals surface area contributed by atoms with Gasteiger partial charge in [-0.1, -0.05) is 40.0 Å². The maximum absolute atomic E-state index is 5.78. The van der Waals surface area contributed by atoms with Crippen molar-refractivity contribution in [2.45, 2.75) is 13.8 Å². The summed E-state index contributed by atoms with van der Waals surface area (Å²) in [7, 11) is 4.03. The van der Waals surface area contributed by atoms with Gasteiger partial charge in [0.25, 0.3) is 0 Å². The van der Waals surface area contributed by atoms with Gasteiger partial charge in [0.2, 0.25) is 0 Å². The lowest BCUT2D eigenvalue weighted by atomic mass is 9.93. The number of terminal acetylenes is 1. The molecule has 0 atom stereocenters. The highest BCUT2D eigenvalue weighted by molar-refractivity contribution is 9.10. The summed E-state index contributed by atoms with van der Waals surface area (Å²) in [6.07, 6.45) is 5.78. The zero-order valence-electron chi connectivity index (χ0n) is 12.3.